The first-order chi connectivity index (χ1) is 9.95. The smallest absolute Gasteiger partial charge is 0.335 e. The van der Waals surface area contributed by atoms with Gasteiger partial charge in [0.2, 0.25) is 0 Å². The highest BCUT2D eigenvalue weighted by molar-refractivity contribution is 9.11. The van der Waals surface area contributed by atoms with E-state index in [-0.39, 0.29) is 5.56 Å². The summed E-state index contributed by atoms with van der Waals surface area (Å²) >= 11 is 6.67. The number of rotatable bonds is 3. The van der Waals surface area contributed by atoms with Gasteiger partial charge in [-0.1, -0.05) is 15.9 Å². The summed E-state index contributed by atoms with van der Waals surface area (Å²) in [7, 11) is 0. The maximum Gasteiger partial charge on any atom is 0.335 e. The molecule has 108 valence electrons. The second-order valence-electron chi connectivity index (χ2n) is 4.09. The summed E-state index contributed by atoms with van der Waals surface area (Å²) in [4.78, 5) is 22.6. The molecule has 0 atom stereocenters. The van der Waals surface area contributed by atoms with Gasteiger partial charge in [0, 0.05) is 14.6 Å². The summed E-state index contributed by atoms with van der Waals surface area (Å²) in [5.74, 6) is -1.01. The fourth-order valence-corrected chi connectivity index (χ4v) is 2.28. The Bertz CT molecular complexity index is 687. The maximum absolute atomic E-state index is 11.9. The minimum atomic E-state index is -1.01. The van der Waals surface area contributed by atoms with Crippen LogP contribution in [0.1, 0.15) is 10.4 Å². The van der Waals surface area contributed by atoms with Crippen LogP contribution >= 0.6 is 31.9 Å². The summed E-state index contributed by atoms with van der Waals surface area (Å²) in [5, 5.41) is 14.1. The first-order valence-corrected chi connectivity index (χ1v) is 7.41. The first kappa shape index (κ1) is 15.5. The quantitative estimate of drug-likeness (QED) is 0.690. The molecule has 2 rings (SSSR count). The molecule has 0 aliphatic heterocycles. The van der Waals surface area contributed by atoms with Gasteiger partial charge in [0.15, 0.2) is 0 Å². The van der Waals surface area contributed by atoms with E-state index >= 15 is 0 Å². The number of urea groups is 1. The van der Waals surface area contributed by atoms with E-state index < -0.39 is 12.0 Å². The maximum atomic E-state index is 11.9. The third kappa shape index (κ3) is 4.30. The van der Waals surface area contributed by atoms with Crippen molar-refractivity contribution in [3.8, 4) is 0 Å². The minimum absolute atomic E-state index is 0.163. The first-order valence-electron chi connectivity index (χ1n) is 5.82. The molecule has 2 aromatic rings. The van der Waals surface area contributed by atoms with Gasteiger partial charge in [0.05, 0.1) is 11.3 Å². The van der Waals surface area contributed by atoms with E-state index in [0.717, 1.165) is 8.95 Å². The summed E-state index contributed by atoms with van der Waals surface area (Å²) in [6, 6.07) is 10.9. The Morgan fingerprint density at radius 2 is 1.62 bits per heavy atom. The Kier molecular flexibility index (Phi) is 4.98. The molecular formula is C14H10Br2N2O3. The molecule has 0 saturated carbocycles. The van der Waals surface area contributed by atoms with Crippen LogP contribution in [0.25, 0.3) is 0 Å². The lowest BCUT2D eigenvalue weighted by molar-refractivity contribution is 0.0697. The molecule has 0 heterocycles. The van der Waals surface area contributed by atoms with Crippen molar-refractivity contribution in [2.24, 2.45) is 0 Å². The molecule has 2 aromatic carbocycles. The zero-order chi connectivity index (χ0) is 15.4. The highest BCUT2D eigenvalue weighted by Gasteiger charge is 2.07. The number of anilines is 2. The number of carboxylic acid groups (broad SMARTS) is 1. The van der Waals surface area contributed by atoms with E-state index in [2.05, 4.69) is 42.5 Å². The van der Waals surface area contributed by atoms with Crippen LogP contribution in [0, 0.1) is 0 Å². The lowest BCUT2D eigenvalue weighted by Gasteiger charge is -2.09. The fourth-order valence-electron chi connectivity index (χ4n) is 1.57. The molecular weight excluding hydrogens is 404 g/mol. The highest BCUT2D eigenvalue weighted by Crippen LogP contribution is 2.26. The van der Waals surface area contributed by atoms with Gasteiger partial charge in [-0.15, -0.1) is 0 Å². The SMILES string of the molecule is O=C(Nc1ccc(C(=O)O)cc1)Nc1cc(Br)ccc1Br. The number of benzene rings is 2. The molecule has 7 heteroatoms. The van der Waals surface area contributed by atoms with Crippen molar-refractivity contribution in [3.05, 3.63) is 57.0 Å². The van der Waals surface area contributed by atoms with Crippen LogP contribution in [0.4, 0.5) is 16.2 Å². The van der Waals surface area contributed by atoms with Crippen LogP contribution in [-0.4, -0.2) is 17.1 Å². The topological polar surface area (TPSA) is 78.4 Å². The molecule has 0 aliphatic rings. The number of amides is 2. The molecule has 2 amide bonds. The average molecular weight is 414 g/mol. The second-order valence-corrected chi connectivity index (χ2v) is 5.86. The van der Waals surface area contributed by atoms with Gasteiger partial charge >= 0.3 is 12.0 Å². The minimum Gasteiger partial charge on any atom is -0.478 e. The van der Waals surface area contributed by atoms with Crippen molar-refractivity contribution in [2.45, 2.75) is 0 Å². The molecule has 0 radical (unpaired) electrons. The van der Waals surface area contributed by atoms with E-state index in [9.17, 15) is 9.59 Å². The van der Waals surface area contributed by atoms with Crippen molar-refractivity contribution in [3.63, 3.8) is 0 Å². The Hall–Kier alpha value is -1.86. The Labute approximate surface area is 137 Å². The van der Waals surface area contributed by atoms with E-state index in [1.54, 1.807) is 12.1 Å². The molecule has 0 saturated heterocycles. The number of hydrogen-bond donors (Lipinski definition) is 3. The fraction of sp³-hybridized carbons (Fsp3) is 0. The number of carbonyl (C=O) groups excluding carboxylic acids is 1. The standard InChI is InChI=1S/C14H10Br2N2O3/c15-9-3-6-11(16)12(7-9)18-14(21)17-10-4-1-8(2-5-10)13(19)20/h1-7H,(H,19,20)(H2,17,18,21). The molecule has 0 fully saturated rings. The summed E-state index contributed by atoms with van der Waals surface area (Å²) < 4.78 is 1.59. The molecule has 3 N–H and O–H groups in total. The normalized spacial score (nSPS) is 10.0. The number of nitrogens with one attached hydrogen (secondary N) is 2. The molecule has 0 spiro atoms. The lowest BCUT2D eigenvalue weighted by atomic mass is 10.2. The number of carboxylic acids is 1. The zero-order valence-corrected chi connectivity index (χ0v) is 13.7. The van der Waals surface area contributed by atoms with Crippen molar-refractivity contribution in [2.75, 3.05) is 10.6 Å². The Morgan fingerprint density at radius 3 is 2.24 bits per heavy atom. The van der Waals surface area contributed by atoms with Gasteiger partial charge in [0.1, 0.15) is 0 Å². The summed E-state index contributed by atoms with van der Waals surface area (Å²) in [6.07, 6.45) is 0. The monoisotopic (exact) mass is 412 g/mol. The van der Waals surface area contributed by atoms with Gasteiger partial charge in [-0.3, -0.25) is 0 Å². The molecule has 0 unspecified atom stereocenters. The van der Waals surface area contributed by atoms with Gasteiger partial charge in [-0.25, -0.2) is 9.59 Å². The van der Waals surface area contributed by atoms with Crippen molar-refractivity contribution >= 4 is 55.2 Å². The van der Waals surface area contributed by atoms with Crippen LogP contribution in [-0.2, 0) is 0 Å². The third-order valence-corrected chi connectivity index (χ3v) is 3.75. The van der Waals surface area contributed by atoms with Gasteiger partial charge < -0.3 is 15.7 Å². The largest absolute Gasteiger partial charge is 0.478 e. The second kappa shape index (κ2) is 6.73. The van der Waals surface area contributed by atoms with Gasteiger partial charge in [0.25, 0.3) is 0 Å². The van der Waals surface area contributed by atoms with Crippen LogP contribution in [0.5, 0.6) is 0 Å². The van der Waals surface area contributed by atoms with Crippen LogP contribution in [0.3, 0.4) is 0 Å². The Balaban J connectivity index is 2.04. The third-order valence-electron chi connectivity index (χ3n) is 2.57. The van der Waals surface area contributed by atoms with Crippen molar-refractivity contribution in [1.82, 2.24) is 0 Å². The zero-order valence-electron chi connectivity index (χ0n) is 10.6. The van der Waals surface area contributed by atoms with E-state index in [1.165, 1.54) is 24.3 Å². The number of hydrogen-bond acceptors (Lipinski definition) is 2. The van der Waals surface area contributed by atoms with Gasteiger partial charge in [-0.2, -0.15) is 0 Å². The number of aromatic carboxylic acids is 1. The lowest BCUT2D eigenvalue weighted by Crippen LogP contribution is -2.19. The molecule has 0 bridgehead atoms. The highest BCUT2D eigenvalue weighted by atomic mass is 79.9. The summed E-state index contributed by atoms with van der Waals surface area (Å²) in [6.45, 7) is 0. The number of carbonyl (C=O) groups is 2. The van der Waals surface area contributed by atoms with E-state index in [1.807, 2.05) is 6.07 Å². The van der Waals surface area contributed by atoms with E-state index in [0.29, 0.717) is 11.4 Å². The predicted molar refractivity (Wildman–Crippen MR) is 87.9 cm³/mol. The van der Waals surface area contributed by atoms with Crippen LogP contribution < -0.4 is 10.6 Å². The molecule has 21 heavy (non-hydrogen) atoms. The van der Waals surface area contributed by atoms with Crippen molar-refractivity contribution < 1.29 is 14.7 Å². The van der Waals surface area contributed by atoms with Crippen molar-refractivity contribution in [1.29, 1.82) is 0 Å². The Morgan fingerprint density at radius 1 is 0.952 bits per heavy atom. The van der Waals surface area contributed by atoms with E-state index in [4.69, 9.17) is 5.11 Å². The predicted octanol–water partition coefficient (Wildman–Crippen LogP) is 4.55. The number of halogens is 2. The summed E-state index contributed by atoms with van der Waals surface area (Å²) in [5.41, 5.74) is 1.28. The average Bonchev–Trinajstić information content (AvgIpc) is 2.43. The van der Waals surface area contributed by atoms with Gasteiger partial charge in [-0.05, 0) is 58.4 Å². The van der Waals surface area contributed by atoms with Crippen LogP contribution in [0.15, 0.2) is 51.4 Å². The molecule has 5 nitrogen and oxygen atoms in total. The molecule has 0 aromatic heterocycles. The van der Waals surface area contributed by atoms with Crippen LogP contribution in [0.2, 0.25) is 0 Å². The molecule has 0 aliphatic carbocycles.